The van der Waals surface area contributed by atoms with E-state index in [0.717, 1.165) is 18.6 Å². The quantitative estimate of drug-likeness (QED) is 0.594. The van der Waals surface area contributed by atoms with Crippen molar-refractivity contribution >= 4 is 11.6 Å². The van der Waals surface area contributed by atoms with Crippen LogP contribution in [0.2, 0.25) is 0 Å². The predicted molar refractivity (Wildman–Crippen MR) is 78.7 cm³/mol. The lowest BCUT2D eigenvalue weighted by molar-refractivity contribution is -0.129. The second-order valence-electron chi connectivity index (χ2n) is 4.23. The highest BCUT2D eigenvalue weighted by molar-refractivity contribution is 5.87. The molecule has 20 heavy (non-hydrogen) atoms. The number of aliphatic hydroxyl groups excluding tert-OH is 1. The van der Waals surface area contributed by atoms with E-state index in [-0.39, 0.29) is 0 Å². The van der Waals surface area contributed by atoms with Gasteiger partial charge in [-0.3, -0.25) is 4.79 Å². The monoisotopic (exact) mass is 278 g/mol. The molecule has 0 fully saturated rings. The summed E-state index contributed by atoms with van der Waals surface area (Å²) in [5, 5.41) is 14.1. The van der Waals surface area contributed by atoms with Crippen LogP contribution in [0, 0.1) is 0 Å². The Morgan fingerprint density at radius 1 is 1.30 bits per heavy atom. The third-order valence-corrected chi connectivity index (χ3v) is 2.90. The summed E-state index contributed by atoms with van der Waals surface area (Å²) < 4.78 is 5.40. The predicted octanol–water partition coefficient (Wildman–Crippen LogP) is 2.41. The summed E-state index contributed by atoms with van der Waals surface area (Å²) in [7, 11) is 0. The van der Waals surface area contributed by atoms with Crippen molar-refractivity contribution in [2.24, 2.45) is 5.10 Å². The van der Waals surface area contributed by atoms with Crippen molar-refractivity contribution in [1.29, 1.82) is 0 Å². The van der Waals surface area contributed by atoms with Crippen LogP contribution in [0.1, 0.15) is 45.3 Å². The lowest BCUT2D eigenvalue weighted by Crippen LogP contribution is -2.26. The van der Waals surface area contributed by atoms with E-state index in [2.05, 4.69) is 10.5 Å². The van der Waals surface area contributed by atoms with Crippen molar-refractivity contribution in [3.8, 4) is 5.75 Å². The highest BCUT2D eigenvalue weighted by atomic mass is 16.5. The van der Waals surface area contributed by atoms with Crippen molar-refractivity contribution in [2.75, 3.05) is 6.61 Å². The SMILES string of the molecule is CCOc1ccccc1C(O)C(=O)NN=C(CC)CC. The van der Waals surface area contributed by atoms with Crippen LogP contribution < -0.4 is 10.2 Å². The van der Waals surface area contributed by atoms with E-state index in [9.17, 15) is 9.90 Å². The summed E-state index contributed by atoms with van der Waals surface area (Å²) >= 11 is 0. The van der Waals surface area contributed by atoms with E-state index in [1.807, 2.05) is 20.8 Å². The van der Waals surface area contributed by atoms with Gasteiger partial charge in [-0.15, -0.1) is 0 Å². The third-order valence-electron chi connectivity index (χ3n) is 2.90. The van der Waals surface area contributed by atoms with E-state index in [1.54, 1.807) is 24.3 Å². The number of aliphatic hydroxyl groups is 1. The molecule has 2 N–H and O–H groups in total. The van der Waals surface area contributed by atoms with Crippen LogP contribution in [-0.4, -0.2) is 23.3 Å². The van der Waals surface area contributed by atoms with E-state index in [1.165, 1.54) is 0 Å². The fourth-order valence-corrected chi connectivity index (χ4v) is 1.74. The molecule has 0 saturated heterocycles. The molecular formula is C15H22N2O3. The molecule has 0 heterocycles. The lowest BCUT2D eigenvalue weighted by Gasteiger charge is -2.14. The molecule has 0 radical (unpaired) electrons. The molecule has 0 bridgehead atoms. The topological polar surface area (TPSA) is 70.9 Å². The van der Waals surface area contributed by atoms with Gasteiger partial charge in [-0.05, 0) is 25.8 Å². The Morgan fingerprint density at radius 3 is 2.55 bits per heavy atom. The summed E-state index contributed by atoms with van der Waals surface area (Å²) in [4.78, 5) is 11.9. The van der Waals surface area contributed by atoms with Gasteiger partial charge in [0.05, 0.1) is 6.61 Å². The fraction of sp³-hybridized carbons (Fsp3) is 0.467. The van der Waals surface area contributed by atoms with E-state index >= 15 is 0 Å². The zero-order valence-electron chi connectivity index (χ0n) is 12.2. The van der Waals surface area contributed by atoms with Gasteiger partial charge < -0.3 is 9.84 Å². The Balaban J connectivity index is 2.81. The van der Waals surface area contributed by atoms with Gasteiger partial charge in [0.25, 0.3) is 5.91 Å². The summed E-state index contributed by atoms with van der Waals surface area (Å²) in [5.41, 5.74) is 3.72. The Labute approximate surface area is 119 Å². The smallest absolute Gasteiger partial charge is 0.273 e. The molecule has 0 spiro atoms. The second kappa shape index (κ2) is 8.32. The molecular weight excluding hydrogens is 256 g/mol. The van der Waals surface area contributed by atoms with Crippen molar-refractivity contribution in [1.82, 2.24) is 5.43 Å². The van der Waals surface area contributed by atoms with Gasteiger partial charge in [-0.2, -0.15) is 5.10 Å². The van der Waals surface area contributed by atoms with Crippen LogP contribution in [0.25, 0.3) is 0 Å². The fourth-order valence-electron chi connectivity index (χ4n) is 1.74. The van der Waals surface area contributed by atoms with Gasteiger partial charge in [0.15, 0.2) is 6.10 Å². The van der Waals surface area contributed by atoms with Crippen molar-refractivity contribution < 1.29 is 14.6 Å². The zero-order valence-corrected chi connectivity index (χ0v) is 12.2. The number of benzene rings is 1. The molecule has 1 atom stereocenters. The van der Waals surface area contributed by atoms with E-state index < -0.39 is 12.0 Å². The van der Waals surface area contributed by atoms with Gasteiger partial charge in [0.1, 0.15) is 5.75 Å². The van der Waals surface area contributed by atoms with Crippen LogP contribution in [0.3, 0.4) is 0 Å². The van der Waals surface area contributed by atoms with Crippen LogP contribution in [-0.2, 0) is 4.79 Å². The Hall–Kier alpha value is -1.88. The minimum Gasteiger partial charge on any atom is -0.493 e. The Kier molecular flexibility index (Phi) is 6.73. The molecule has 5 nitrogen and oxygen atoms in total. The first-order chi connectivity index (χ1) is 9.63. The molecule has 0 saturated carbocycles. The van der Waals surface area contributed by atoms with Gasteiger partial charge in [-0.25, -0.2) is 5.43 Å². The normalized spacial score (nSPS) is 11.6. The molecule has 0 aliphatic heterocycles. The molecule has 0 aromatic heterocycles. The van der Waals surface area contributed by atoms with Crippen molar-refractivity contribution in [3.63, 3.8) is 0 Å². The van der Waals surface area contributed by atoms with Crippen molar-refractivity contribution in [2.45, 2.75) is 39.7 Å². The molecule has 1 aromatic rings. The van der Waals surface area contributed by atoms with Gasteiger partial charge in [0.2, 0.25) is 0 Å². The Morgan fingerprint density at radius 2 is 1.95 bits per heavy atom. The number of ether oxygens (including phenoxy) is 1. The van der Waals surface area contributed by atoms with Gasteiger partial charge in [-0.1, -0.05) is 32.0 Å². The lowest BCUT2D eigenvalue weighted by atomic mass is 10.1. The maximum Gasteiger partial charge on any atom is 0.273 e. The second-order valence-corrected chi connectivity index (χ2v) is 4.23. The van der Waals surface area contributed by atoms with Crippen molar-refractivity contribution in [3.05, 3.63) is 29.8 Å². The molecule has 1 rings (SSSR count). The number of nitrogens with one attached hydrogen (secondary N) is 1. The average molecular weight is 278 g/mol. The molecule has 1 amide bonds. The molecule has 5 heteroatoms. The van der Waals surface area contributed by atoms with Crippen LogP contribution in [0.4, 0.5) is 0 Å². The van der Waals surface area contributed by atoms with Gasteiger partial charge >= 0.3 is 0 Å². The summed E-state index contributed by atoms with van der Waals surface area (Å²) in [6.07, 6.45) is 0.238. The largest absolute Gasteiger partial charge is 0.493 e. The number of hydrazone groups is 1. The van der Waals surface area contributed by atoms with Crippen LogP contribution in [0.5, 0.6) is 5.75 Å². The number of amides is 1. The number of hydrogen-bond donors (Lipinski definition) is 2. The minimum atomic E-state index is -1.29. The summed E-state index contributed by atoms with van der Waals surface area (Å²) in [5.74, 6) is -0.0515. The first kappa shape index (κ1) is 16.2. The first-order valence-electron chi connectivity index (χ1n) is 6.89. The van der Waals surface area contributed by atoms with Gasteiger partial charge in [0, 0.05) is 11.3 Å². The number of rotatable bonds is 7. The third kappa shape index (κ3) is 4.35. The van der Waals surface area contributed by atoms with E-state index in [4.69, 9.17) is 4.74 Å². The highest BCUT2D eigenvalue weighted by Gasteiger charge is 2.20. The highest BCUT2D eigenvalue weighted by Crippen LogP contribution is 2.25. The summed E-state index contributed by atoms with van der Waals surface area (Å²) in [6, 6.07) is 6.94. The van der Waals surface area contributed by atoms with Crippen LogP contribution >= 0.6 is 0 Å². The molecule has 0 aliphatic carbocycles. The molecule has 1 unspecified atom stereocenters. The van der Waals surface area contributed by atoms with Crippen LogP contribution in [0.15, 0.2) is 29.4 Å². The number of carbonyl (C=O) groups excluding carboxylic acids is 1. The van der Waals surface area contributed by atoms with E-state index in [0.29, 0.717) is 17.9 Å². The molecule has 0 aliphatic rings. The maximum absolute atomic E-state index is 11.9. The average Bonchev–Trinajstić information content (AvgIpc) is 2.48. The minimum absolute atomic E-state index is 0.441. The number of hydrogen-bond acceptors (Lipinski definition) is 4. The number of nitrogens with zero attached hydrogens (tertiary/aromatic N) is 1. The summed E-state index contributed by atoms with van der Waals surface area (Å²) in [6.45, 7) is 6.26. The zero-order chi connectivity index (χ0) is 15.0. The Bertz CT molecular complexity index is 466. The molecule has 110 valence electrons. The first-order valence-corrected chi connectivity index (χ1v) is 6.89. The maximum atomic E-state index is 11.9. The standard InChI is InChI=1S/C15H22N2O3/c1-4-11(5-2)16-17-15(19)14(18)12-9-7-8-10-13(12)20-6-3/h7-10,14,18H,4-6H2,1-3H3,(H,17,19). The number of carbonyl (C=O) groups is 1. The molecule has 1 aromatic carbocycles. The number of para-hydroxylation sites is 1.